The van der Waals surface area contributed by atoms with Crippen molar-refractivity contribution in [2.75, 3.05) is 39.3 Å². The standard InChI is InChI=1S/C26H36N4O2/c1-4-28(5-2)20-24-9-7-6-8-23(24)19-27-26(32)30-16-14-29(15-17-30)25(31)18-22-12-10-21(3)11-13-22/h6-13H,4-5,14-20H2,1-3H3,(H,27,32). The largest absolute Gasteiger partial charge is 0.339 e. The lowest BCUT2D eigenvalue weighted by molar-refractivity contribution is -0.131. The molecule has 0 spiro atoms. The molecular weight excluding hydrogens is 400 g/mol. The third-order valence-electron chi connectivity index (χ3n) is 6.23. The van der Waals surface area contributed by atoms with Crippen LogP contribution in [0.4, 0.5) is 4.79 Å². The van der Waals surface area contributed by atoms with Crippen LogP contribution in [0, 0.1) is 6.92 Å². The molecule has 32 heavy (non-hydrogen) atoms. The lowest BCUT2D eigenvalue weighted by Gasteiger charge is -2.35. The molecule has 0 bridgehead atoms. The molecule has 6 heteroatoms. The Labute approximate surface area is 192 Å². The molecule has 6 nitrogen and oxygen atoms in total. The molecule has 0 aliphatic carbocycles. The highest BCUT2D eigenvalue weighted by molar-refractivity contribution is 5.79. The molecule has 172 valence electrons. The number of aryl methyl sites for hydroxylation is 1. The van der Waals surface area contributed by atoms with Gasteiger partial charge in [-0.2, -0.15) is 0 Å². The number of urea groups is 1. The van der Waals surface area contributed by atoms with E-state index in [9.17, 15) is 9.59 Å². The summed E-state index contributed by atoms with van der Waals surface area (Å²) in [5.74, 6) is 0.124. The first-order valence-corrected chi connectivity index (χ1v) is 11.6. The Morgan fingerprint density at radius 2 is 1.47 bits per heavy atom. The SMILES string of the molecule is CCN(CC)Cc1ccccc1CNC(=O)N1CCN(C(=O)Cc2ccc(C)cc2)CC1. The van der Waals surface area contributed by atoms with Gasteiger partial charge in [-0.25, -0.2) is 4.79 Å². The summed E-state index contributed by atoms with van der Waals surface area (Å²) < 4.78 is 0. The maximum absolute atomic E-state index is 12.7. The number of hydrogen-bond donors (Lipinski definition) is 1. The van der Waals surface area contributed by atoms with E-state index >= 15 is 0 Å². The van der Waals surface area contributed by atoms with Crippen molar-refractivity contribution in [1.82, 2.24) is 20.0 Å². The fourth-order valence-electron chi connectivity index (χ4n) is 4.01. The molecule has 1 heterocycles. The predicted molar refractivity (Wildman–Crippen MR) is 128 cm³/mol. The van der Waals surface area contributed by atoms with Crippen LogP contribution in [0.15, 0.2) is 48.5 Å². The molecule has 0 unspecified atom stereocenters. The Kier molecular flexibility index (Phi) is 8.68. The summed E-state index contributed by atoms with van der Waals surface area (Å²) >= 11 is 0. The Morgan fingerprint density at radius 1 is 0.875 bits per heavy atom. The van der Waals surface area contributed by atoms with Crippen LogP contribution in [-0.4, -0.2) is 65.9 Å². The van der Waals surface area contributed by atoms with Crippen LogP contribution in [0.2, 0.25) is 0 Å². The van der Waals surface area contributed by atoms with Crippen molar-refractivity contribution in [1.29, 1.82) is 0 Å². The van der Waals surface area contributed by atoms with Crippen molar-refractivity contribution in [3.8, 4) is 0 Å². The highest BCUT2D eigenvalue weighted by Crippen LogP contribution is 2.13. The minimum atomic E-state index is -0.0618. The molecule has 0 atom stereocenters. The summed E-state index contributed by atoms with van der Waals surface area (Å²) in [5, 5.41) is 3.07. The van der Waals surface area contributed by atoms with Gasteiger partial charge in [-0.15, -0.1) is 0 Å². The molecule has 0 aromatic heterocycles. The molecule has 0 saturated carbocycles. The first-order valence-electron chi connectivity index (χ1n) is 11.6. The monoisotopic (exact) mass is 436 g/mol. The zero-order valence-corrected chi connectivity index (χ0v) is 19.6. The molecule has 2 aromatic rings. The van der Waals surface area contributed by atoms with Gasteiger partial charge in [0.15, 0.2) is 0 Å². The fraction of sp³-hybridized carbons (Fsp3) is 0.462. The summed E-state index contributed by atoms with van der Waals surface area (Å²) in [4.78, 5) is 31.4. The highest BCUT2D eigenvalue weighted by atomic mass is 16.2. The number of piperazine rings is 1. The second-order valence-corrected chi connectivity index (χ2v) is 8.42. The number of rotatable bonds is 8. The Hall–Kier alpha value is -2.86. The highest BCUT2D eigenvalue weighted by Gasteiger charge is 2.24. The maximum atomic E-state index is 12.7. The van der Waals surface area contributed by atoms with Crippen LogP contribution in [0.25, 0.3) is 0 Å². The van der Waals surface area contributed by atoms with Gasteiger partial charge in [0.1, 0.15) is 0 Å². The number of carbonyl (C=O) groups excluding carboxylic acids is 2. The van der Waals surface area contributed by atoms with Crippen LogP contribution in [0.5, 0.6) is 0 Å². The van der Waals surface area contributed by atoms with E-state index in [2.05, 4.69) is 42.3 Å². The summed E-state index contributed by atoms with van der Waals surface area (Å²) in [5.41, 5.74) is 4.63. The van der Waals surface area contributed by atoms with Gasteiger partial charge in [0, 0.05) is 39.3 Å². The van der Waals surface area contributed by atoms with Gasteiger partial charge in [0.2, 0.25) is 5.91 Å². The minimum absolute atomic E-state index is 0.0618. The van der Waals surface area contributed by atoms with Crippen molar-refractivity contribution in [2.45, 2.75) is 40.3 Å². The number of hydrogen-bond acceptors (Lipinski definition) is 3. The van der Waals surface area contributed by atoms with E-state index in [-0.39, 0.29) is 11.9 Å². The van der Waals surface area contributed by atoms with Gasteiger partial charge >= 0.3 is 6.03 Å². The lowest BCUT2D eigenvalue weighted by atomic mass is 10.1. The topological polar surface area (TPSA) is 55.9 Å². The van der Waals surface area contributed by atoms with E-state index < -0.39 is 0 Å². The van der Waals surface area contributed by atoms with E-state index in [1.54, 1.807) is 0 Å². The van der Waals surface area contributed by atoms with E-state index in [0.29, 0.717) is 39.1 Å². The van der Waals surface area contributed by atoms with Gasteiger partial charge in [-0.3, -0.25) is 9.69 Å². The zero-order valence-electron chi connectivity index (χ0n) is 19.6. The minimum Gasteiger partial charge on any atom is -0.339 e. The number of amides is 3. The summed E-state index contributed by atoms with van der Waals surface area (Å²) in [6.07, 6.45) is 0.412. The predicted octanol–water partition coefficient (Wildman–Crippen LogP) is 3.43. The first-order chi connectivity index (χ1) is 15.5. The van der Waals surface area contributed by atoms with Crippen molar-refractivity contribution < 1.29 is 9.59 Å². The molecule has 3 amide bonds. The molecular formula is C26H36N4O2. The van der Waals surface area contributed by atoms with Gasteiger partial charge < -0.3 is 15.1 Å². The second-order valence-electron chi connectivity index (χ2n) is 8.42. The summed E-state index contributed by atoms with van der Waals surface area (Å²) in [7, 11) is 0. The van der Waals surface area contributed by atoms with Crippen LogP contribution in [0.3, 0.4) is 0 Å². The van der Waals surface area contributed by atoms with Gasteiger partial charge in [0.25, 0.3) is 0 Å². The van der Waals surface area contributed by atoms with E-state index in [1.807, 2.05) is 47.1 Å². The Bertz CT molecular complexity index is 885. The fourth-order valence-corrected chi connectivity index (χ4v) is 4.01. The number of nitrogens with one attached hydrogen (secondary N) is 1. The number of carbonyl (C=O) groups is 2. The van der Waals surface area contributed by atoms with Gasteiger partial charge in [-0.1, -0.05) is 67.9 Å². The van der Waals surface area contributed by atoms with Crippen molar-refractivity contribution >= 4 is 11.9 Å². The molecule has 2 aromatic carbocycles. The van der Waals surface area contributed by atoms with Crippen molar-refractivity contribution in [2.24, 2.45) is 0 Å². The third-order valence-corrected chi connectivity index (χ3v) is 6.23. The van der Waals surface area contributed by atoms with E-state index in [1.165, 1.54) is 11.1 Å². The molecule has 1 saturated heterocycles. The van der Waals surface area contributed by atoms with Crippen LogP contribution in [0.1, 0.15) is 36.1 Å². The van der Waals surface area contributed by atoms with Crippen LogP contribution < -0.4 is 5.32 Å². The van der Waals surface area contributed by atoms with Gasteiger partial charge in [0.05, 0.1) is 6.42 Å². The Balaban J connectivity index is 1.47. The van der Waals surface area contributed by atoms with Gasteiger partial charge in [-0.05, 0) is 36.7 Å². The maximum Gasteiger partial charge on any atom is 0.317 e. The molecule has 1 aliphatic heterocycles. The van der Waals surface area contributed by atoms with Crippen LogP contribution >= 0.6 is 0 Å². The molecule has 3 rings (SSSR count). The lowest BCUT2D eigenvalue weighted by Crippen LogP contribution is -2.53. The van der Waals surface area contributed by atoms with Crippen molar-refractivity contribution in [3.63, 3.8) is 0 Å². The average molecular weight is 437 g/mol. The zero-order chi connectivity index (χ0) is 22.9. The van der Waals surface area contributed by atoms with E-state index in [0.717, 1.165) is 30.8 Å². The van der Waals surface area contributed by atoms with Crippen molar-refractivity contribution in [3.05, 3.63) is 70.8 Å². The number of benzene rings is 2. The molecule has 0 radical (unpaired) electrons. The Morgan fingerprint density at radius 3 is 2.09 bits per heavy atom. The second kappa shape index (κ2) is 11.7. The smallest absolute Gasteiger partial charge is 0.317 e. The quantitative estimate of drug-likeness (QED) is 0.690. The third kappa shape index (κ3) is 6.57. The summed E-state index contributed by atoms with van der Waals surface area (Å²) in [6.45, 7) is 12.1. The first kappa shape index (κ1) is 23.8. The van der Waals surface area contributed by atoms with Crippen LogP contribution in [-0.2, 0) is 24.3 Å². The normalized spacial score (nSPS) is 14.0. The average Bonchev–Trinajstić information content (AvgIpc) is 2.83. The molecule has 1 fully saturated rings. The molecule has 1 aliphatic rings. The van der Waals surface area contributed by atoms with E-state index in [4.69, 9.17) is 0 Å². The molecule has 1 N–H and O–H groups in total. The summed E-state index contributed by atoms with van der Waals surface area (Å²) in [6, 6.07) is 16.3. The number of nitrogens with zero attached hydrogens (tertiary/aromatic N) is 3.